The number of carbonyl (C=O) groups excluding carboxylic acids is 2. The number of ether oxygens (including phenoxy) is 1. The molecule has 3 saturated carbocycles. The van der Waals surface area contributed by atoms with Gasteiger partial charge < -0.3 is 36.2 Å². The van der Waals surface area contributed by atoms with Gasteiger partial charge in [0.2, 0.25) is 0 Å². The highest BCUT2D eigenvalue weighted by molar-refractivity contribution is 5.97. The number of hydrogen-bond donors (Lipinski definition) is 6. The van der Waals surface area contributed by atoms with E-state index in [1.54, 1.807) is 18.2 Å². The van der Waals surface area contributed by atoms with E-state index in [1.807, 2.05) is 32.1 Å². The Labute approximate surface area is 309 Å². The maximum atomic E-state index is 14.2. The Hall–Kier alpha value is -3.34. The van der Waals surface area contributed by atoms with Crippen LogP contribution < -0.4 is 15.8 Å². The number of Topliss-reactive ketones (excluding diaryl/α,β-unsaturated/α-hetero) is 1. The molecule has 6 atom stereocenters. The number of fused-ring (bicyclic) bond motifs is 1. The molecule has 4 aliphatic rings. The summed E-state index contributed by atoms with van der Waals surface area (Å²) >= 11 is 0. The van der Waals surface area contributed by atoms with E-state index >= 15 is 0 Å². The lowest BCUT2D eigenvalue weighted by molar-refractivity contribution is -0.169. The van der Waals surface area contributed by atoms with Crippen LogP contribution in [0.15, 0.2) is 76.9 Å². The fourth-order valence-corrected chi connectivity index (χ4v) is 9.62. The molecule has 52 heavy (non-hydrogen) atoms. The topological polar surface area (TPSA) is 162 Å². The Kier molecular flexibility index (Phi) is 12.5. The van der Waals surface area contributed by atoms with E-state index in [9.17, 15) is 30.0 Å². The lowest BCUT2D eigenvalue weighted by Gasteiger charge is -2.56. The zero-order valence-corrected chi connectivity index (χ0v) is 31.5. The average molecular weight is 717 g/mol. The highest BCUT2D eigenvalue weighted by atomic mass is 16.6. The van der Waals surface area contributed by atoms with Gasteiger partial charge in [-0.2, -0.15) is 0 Å². The van der Waals surface area contributed by atoms with Crippen molar-refractivity contribution in [3.05, 3.63) is 88.1 Å². The van der Waals surface area contributed by atoms with Crippen LogP contribution in [-0.2, 0) is 11.2 Å². The SMILES string of the molecule is C=C(C=CC=C(CO)C1CCC2(C(CCC3(O)CCCC3)C(=C(C)C(=O)Cc3cccc4c3OC(=O)NC4N)CCC2(C)O)C1O)CCC=C(C)C. The van der Waals surface area contributed by atoms with Crippen LogP contribution in [-0.4, -0.2) is 56.2 Å². The van der Waals surface area contributed by atoms with Gasteiger partial charge in [-0.1, -0.05) is 78.6 Å². The summed E-state index contributed by atoms with van der Waals surface area (Å²) < 4.78 is 5.49. The molecule has 9 nitrogen and oxygen atoms in total. The fraction of sp³-hybridized carbons (Fsp3) is 0.581. The van der Waals surface area contributed by atoms with Gasteiger partial charge in [0.25, 0.3) is 0 Å². The minimum Gasteiger partial charge on any atom is -0.410 e. The van der Waals surface area contributed by atoms with E-state index in [0.29, 0.717) is 79.4 Å². The minimum atomic E-state index is -1.26. The molecule has 3 aliphatic carbocycles. The fourth-order valence-electron chi connectivity index (χ4n) is 9.62. The van der Waals surface area contributed by atoms with Crippen molar-refractivity contribution in [2.24, 2.45) is 23.0 Å². The highest BCUT2D eigenvalue weighted by Gasteiger charge is 2.64. The van der Waals surface area contributed by atoms with E-state index in [1.165, 1.54) is 5.57 Å². The normalized spacial score (nSPS) is 30.9. The van der Waals surface area contributed by atoms with Gasteiger partial charge in [0.15, 0.2) is 5.78 Å². The zero-order chi connectivity index (χ0) is 37.8. The molecule has 1 amide bonds. The molecule has 0 bridgehead atoms. The Morgan fingerprint density at radius 1 is 1.13 bits per heavy atom. The van der Waals surface area contributed by atoms with Crippen molar-refractivity contribution < 1.29 is 34.8 Å². The van der Waals surface area contributed by atoms with E-state index in [2.05, 4.69) is 31.8 Å². The Bertz CT molecular complexity index is 1640. The molecule has 7 N–H and O–H groups in total. The quantitative estimate of drug-likeness (QED) is 0.0726. The summed E-state index contributed by atoms with van der Waals surface area (Å²) in [5.74, 6) is -0.607. The van der Waals surface area contributed by atoms with Crippen LogP contribution in [0.1, 0.15) is 122 Å². The standard InChI is InChI=1S/C43H60N2O7/c1-27(2)11-8-12-28(3)13-9-15-31(26-46)33-18-24-43(38(33)48)35(19-23-42(51)20-6-7-21-42)32(17-22-41(43,5)50)29(4)36(47)25-30-14-10-16-34-37(30)52-40(49)45-39(34)44/h9-11,13-16,33,35,38-39,46,48,50-51H,3,6-8,12,17-26,44H2,1-2,4-5H3,(H,45,49). The molecule has 1 aromatic carbocycles. The zero-order valence-electron chi connectivity index (χ0n) is 31.5. The summed E-state index contributed by atoms with van der Waals surface area (Å²) in [4.78, 5) is 26.4. The number of ketones is 1. The second-order valence-corrected chi connectivity index (χ2v) is 16.3. The maximum Gasteiger partial charge on any atom is 0.414 e. The third-order valence-corrected chi connectivity index (χ3v) is 12.6. The smallest absolute Gasteiger partial charge is 0.410 e. The van der Waals surface area contributed by atoms with Crippen LogP contribution in [0.4, 0.5) is 4.79 Å². The predicted molar refractivity (Wildman–Crippen MR) is 203 cm³/mol. The van der Waals surface area contributed by atoms with Crippen LogP contribution >= 0.6 is 0 Å². The number of allylic oxidation sites excluding steroid dienone is 8. The van der Waals surface area contributed by atoms with E-state index in [4.69, 9.17) is 10.5 Å². The first-order valence-corrected chi connectivity index (χ1v) is 19.1. The Balaban J connectivity index is 1.48. The largest absolute Gasteiger partial charge is 0.414 e. The van der Waals surface area contributed by atoms with Gasteiger partial charge in [-0.05, 0) is 109 Å². The molecule has 0 aromatic heterocycles. The number of benzene rings is 1. The van der Waals surface area contributed by atoms with Crippen LogP contribution in [0.2, 0.25) is 0 Å². The average Bonchev–Trinajstić information content (AvgIpc) is 3.67. The van der Waals surface area contributed by atoms with Crippen LogP contribution in [0.3, 0.4) is 0 Å². The lowest BCUT2D eigenvalue weighted by Crippen LogP contribution is -2.59. The molecule has 1 heterocycles. The molecule has 1 spiro atoms. The number of carbonyl (C=O) groups is 2. The molecule has 5 rings (SSSR count). The number of aliphatic hydroxyl groups excluding tert-OH is 2. The van der Waals surface area contributed by atoms with Crippen LogP contribution in [0.25, 0.3) is 0 Å². The Morgan fingerprint density at radius 3 is 2.56 bits per heavy atom. The van der Waals surface area contributed by atoms with Crippen molar-refractivity contribution in [3.8, 4) is 5.75 Å². The van der Waals surface area contributed by atoms with Gasteiger partial charge in [0.1, 0.15) is 11.9 Å². The molecule has 6 unspecified atom stereocenters. The second kappa shape index (κ2) is 16.4. The lowest BCUT2D eigenvalue weighted by atomic mass is 9.52. The molecule has 284 valence electrons. The maximum absolute atomic E-state index is 14.2. The number of amides is 1. The number of rotatable bonds is 13. The van der Waals surface area contributed by atoms with Gasteiger partial charge >= 0.3 is 6.09 Å². The van der Waals surface area contributed by atoms with Crippen molar-refractivity contribution in [2.75, 3.05) is 6.61 Å². The monoisotopic (exact) mass is 716 g/mol. The predicted octanol–water partition coefficient (Wildman–Crippen LogP) is 6.96. The summed E-state index contributed by atoms with van der Waals surface area (Å²) in [5.41, 5.74) is 8.62. The van der Waals surface area contributed by atoms with E-state index in [-0.39, 0.29) is 24.7 Å². The number of aliphatic hydroxyl groups is 4. The first-order valence-electron chi connectivity index (χ1n) is 19.1. The van der Waals surface area contributed by atoms with Crippen LogP contribution in [0.5, 0.6) is 5.75 Å². The molecular weight excluding hydrogens is 656 g/mol. The van der Waals surface area contributed by atoms with Crippen molar-refractivity contribution in [3.63, 3.8) is 0 Å². The van der Waals surface area contributed by atoms with Gasteiger partial charge in [0, 0.05) is 28.9 Å². The number of hydrogen-bond acceptors (Lipinski definition) is 8. The number of nitrogens with one attached hydrogen (secondary N) is 1. The third-order valence-electron chi connectivity index (χ3n) is 12.6. The molecule has 3 fully saturated rings. The van der Waals surface area contributed by atoms with Crippen molar-refractivity contribution in [1.29, 1.82) is 0 Å². The molecule has 1 aliphatic heterocycles. The van der Waals surface area contributed by atoms with E-state index in [0.717, 1.165) is 36.8 Å². The molecular formula is C43H60N2O7. The number of nitrogens with two attached hydrogens (primary N) is 1. The molecule has 1 aromatic rings. The van der Waals surface area contributed by atoms with E-state index < -0.39 is 40.9 Å². The first-order chi connectivity index (χ1) is 24.6. The first kappa shape index (κ1) is 39.9. The summed E-state index contributed by atoms with van der Waals surface area (Å²) in [6.45, 7) is 11.7. The second-order valence-electron chi connectivity index (χ2n) is 16.3. The van der Waals surface area contributed by atoms with Crippen molar-refractivity contribution >= 4 is 11.9 Å². The van der Waals surface area contributed by atoms with Crippen molar-refractivity contribution in [2.45, 2.75) is 135 Å². The van der Waals surface area contributed by atoms with Gasteiger partial charge in [0.05, 0.1) is 23.9 Å². The third kappa shape index (κ3) is 8.24. The summed E-state index contributed by atoms with van der Waals surface area (Å²) in [5, 5.41) is 49.4. The minimum absolute atomic E-state index is 0.00685. The van der Waals surface area contributed by atoms with Gasteiger partial charge in [-0.15, -0.1) is 0 Å². The number of para-hydroxylation sites is 1. The van der Waals surface area contributed by atoms with Gasteiger partial charge in [-0.25, -0.2) is 4.79 Å². The Morgan fingerprint density at radius 2 is 1.87 bits per heavy atom. The molecule has 0 saturated heterocycles. The molecule has 0 radical (unpaired) electrons. The summed E-state index contributed by atoms with van der Waals surface area (Å²) in [7, 11) is 0. The highest BCUT2D eigenvalue weighted by Crippen LogP contribution is 2.63. The van der Waals surface area contributed by atoms with Gasteiger partial charge in [-0.3, -0.25) is 4.79 Å². The molecule has 9 heteroatoms. The van der Waals surface area contributed by atoms with Crippen LogP contribution in [0, 0.1) is 17.3 Å². The summed E-state index contributed by atoms with van der Waals surface area (Å²) in [6.07, 6.45) is 13.5. The van der Waals surface area contributed by atoms with Crippen molar-refractivity contribution in [1.82, 2.24) is 5.32 Å². The summed E-state index contributed by atoms with van der Waals surface area (Å²) in [6, 6.07) is 5.32.